The van der Waals surface area contributed by atoms with Crippen LogP contribution < -0.4 is 5.32 Å². The summed E-state index contributed by atoms with van der Waals surface area (Å²) in [5.74, 6) is -0.285. The van der Waals surface area contributed by atoms with E-state index in [1.807, 2.05) is 6.08 Å². The second kappa shape index (κ2) is 57.6. The van der Waals surface area contributed by atoms with Gasteiger partial charge in [-0.2, -0.15) is 0 Å². The highest BCUT2D eigenvalue weighted by Crippen LogP contribution is 2.33. The highest BCUT2D eigenvalue weighted by Gasteiger charge is 2.53. The van der Waals surface area contributed by atoms with Crippen molar-refractivity contribution in [2.75, 3.05) is 26.4 Å². The first kappa shape index (κ1) is 87.2. The van der Waals surface area contributed by atoms with Crippen molar-refractivity contribution in [1.82, 2.24) is 5.32 Å². The lowest BCUT2D eigenvalue weighted by Gasteiger charge is -2.48. The van der Waals surface area contributed by atoms with Crippen LogP contribution in [0.25, 0.3) is 0 Å². The predicted molar refractivity (Wildman–Crippen MR) is 378 cm³/mol. The van der Waals surface area contributed by atoms with Gasteiger partial charge in [0, 0.05) is 6.42 Å². The molecule has 3 fully saturated rings. The van der Waals surface area contributed by atoms with Crippen molar-refractivity contribution < 1.29 is 89.4 Å². The molecule has 0 aromatic heterocycles. The van der Waals surface area contributed by atoms with Crippen molar-refractivity contribution in [3.05, 3.63) is 85.1 Å². The minimum absolute atomic E-state index is 0.229. The largest absolute Gasteiger partial charge is 0.394 e. The molecule has 17 atom stereocenters. The molecule has 0 saturated carbocycles. The van der Waals surface area contributed by atoms with Gasteiger partial charge in [0.2, 0.25) is 5.91 Å². The van der Waals surface area contributed by atoms with Crippen LogP contribution in [-0.2, 0) is 33.2 Å². The van der Waals surface area contributed by atoms with E-state index in [4.69, 9.17) is 28.4 Å². The topological polar surface area (TPSA) is 307 Å². The number of carbonyl (C=O) groups excluding carboxylic acids is 1. The Morgan fingerprint density at radius 2 is 0.719 bits per heavy atom. The van der Waals surface area contributed by atoms with Crippen LogP contribution in [0.3, 0.4) is 0 Å². The van der Waals surface area contributed by atoms with Gasteiger partial charge in [-0.05, 0) is 70.6 Å². The zero-order valence-corrected chi connectivity index (χ0v) is 59.1. The van der Waals surface area contributed by atoms with Crippen molar-refractivity contribution in [3.63, 3.8) is 0 Å². The molecular formula is C77H135NO18. The number of carbonyl (C=O) groups is 1. The van der Waals surface area contributed by atoms with Crippen LogP contribution in [0.4, 0.5) is 0 Å². The van der Waals surface area contributed by atoms with Gasteiger partial charge in [0.05, 0.1) is 38.6 Å². The third kappa shape index (κ3) is 38.1. The van der Waals surface area contributed by atoms with Gasteiger partial charge in [0.15, 0.2) is 18.9 Å². The molecular weight excluding hydrogens is 1230 g/mol. The van der Waals surface area contributed by atoms with Gasteiger partial charge in [-0.1, -0.05) is 272 Å². The Balaban J connectivity index is 1.42. The molecule has 0 aromatic carbocycles. The Bertz CT molecular complexity index is 2070. The lowest BCUT2D eigenvalue weighted by Crippen LogP contribution is -2.66. The number of unbranched alkanes of at least 4 members (excludes halogenated alkanes) is 30. The number of hydrogen-bond acceptors (Lipinski definition) is 18. The van der Waals surface area contributed by atoms with Gasteiger partial charge < -0.3 is 89.9 Å². The van der Waals surface area contributed by atoms with Crippen LogP contribution in [0.1, 0.15) is 264 Å². The first-order chi connectivity index (χ1) is 46.8. The minimum Gasteiger partial charge on any atom is -0.394 e. The molecule has 556 valence electrons. The molecule has 17 unspecified atom stereocenters. The summed E-state index contributed by atoms with van der Waals surface area (Å²) in [6.45, 7) is 1.63. The fourth-order valence-corrected chi connectivity index (χ4v) is 12.4. The molecule has 3 rings (SSSR count). The zero-order valence-electron chi connectivity index (χ0n) is 59.1. The number of allylic oxidation sites excluding steroid dienone is 13. The minimum atomic E-state index is -1.98. The third-order valence-corrected chi connectivity index (χ3v) is 18.4. The maximum absolute atomic E-state index is 13.5. The fourth-order valence-electron chi connectivity index (χ4n) is 12.4. The molecule has 19 nitrogen and oxygen atoms in total. The van der Waals surface area contributed by atoms with Gasteiger partial charge in [0.1, 0.15) is 73.2 Å². The van der Waals surface area contributed by atoms with E-state index in [0.29, 0.717) is 6.42 Å². The summed E-state index contributed by atoms with van der Waals surface area (Å²) in [5, 5.41) is 121. The summed E-state index contributed by atoms with van der Waals surface area (Å²) in [6.07, 6.45) is 48.3. The third-order valence-electron chi connectivity index (χ3n) is 18.4. The number of hydrogen-bond donors (Lipinski definition) is 12. The van der Waals surface area contributed by atoms with E-state index in [9.17, 15) is 61.0 Å². The summed E-state index contributed by atoms with van der Waals surface area (Å²) >= 11 is 0. The predicted octanol–water partition coefficient (Wildman–Crippen LogP) is 11.4. The number of nitrogens with one attached hydrogen (secondary N) is 1. The van der Waals surface area contributed by atoms with E-state index < -0.39 is 124 Å². The average Bonchev–Trinajstić information content (AvgIpc) is 1.09. The highest BCUT2D eigenvalue weighted by atomic mass is 16.8. The van der Waals surface area contributed by atoms with Crippen LogP contribution in [-0.4, -0.2) is 193 Å². The molecule has 0 spiro atoms. The van der Waals surface area contributed by atoms with Gasteiger partial charge in [-0.3, -0.25) is 4.79 Å². The smallest absolute Gasteiger partial charge is 0.220 e. The molecule has 12 N–H and O–H groups in total. The molecule has 1 amide bonds. The number of aliphatic hydroxyl groups excluding tert-OH is 11. The maximum Gasteiger partial charge on any atom is 0.220 e. The maximum atomic E-state index is 13.5. The highest BCUT2D eigenvalue weighted by molar-refractivity contribution is 5.76. The first-order valence-electron chi connectivity index (χ1n) is 37.8. The number of aliphatic hydroxyl groups is 11. The van der Waals surface area contributed by atoms with Crippen LogP contribution in [0.2, 0.25) is 0 Å². The summed E-state index contributed by atoms with van der Waals surface area (Å²) in [6, 6.07) is -0.985. The molecule has 19 heteroatoms. The Hall–Kier alpha value is -3.03. The standard InChI is InChI=1S/C77H135NO18/c1-3-5-7-9-11-13-15-17-19-21-23-25-27-29-30-31-33-35-37-39-41-43-45-47-49-51-53-55-65(83)78-60(61(82)54-52-50-48-46-44-42-40-38-36-34-32-28-26-24-22-20-18-16-14-12-10-8-6-4-2)59-91-75-71(89)68(86)73(63(57-80)93-75)96-77-72(90)69(87)74(64(58-81)94-77)95-76-70(88)67(85)66(84)62(56-79)92-76/h5,7,11,13,17,19,23,25,29-30,33,35,52,54,60-64,66-77,79-82,84-90H,3-4,6,8-10,12,14-16,18,20-22,24,26-28,31-32,34,36-51,53,55-59H2,1-2H3,(H,78,83)/b7-5-,13-11-,19-17-,25-23-,30-29-,35-33-,54-52+. The first-order valence-corrected chi connectivity index (χ1v) is 37.8. The average molecular weight is 1360 g/mol. The Morgan fingerprint density at radius 1 is 0.385 bits per heavy atom. The van der Waals surface area contributed by atoms with Crippen molar-refractivity contribution >= 4 is 5.91 Å². The van der Waals surface area contributed by atoms with Crippen molar-refractivity contribution in [2.45, 2.75) is 369 Å². The fraction of sp³-hybridized carbons (Fsp3) is 0.805. The molecule has 0 bridgehead atoms. The van der Waals surface area contributed by atoms with E-state index in [0.717, 1.165) is 103 Å². The number of amides is 1. The number of rotatable bonds is 58. The molecule has 0 radical (unpaired) electrons. The monoisotopic (exact) mass is 1360 g/mol. The summed E-state index contributed by atoms with van der Waals surface area (Å²) in [5.41, 5.74) is 0. The van der Waals surface area contributed by atoms with E-state index in [2.05, 4.69) is 92.1 Å². The van der Waals surface area contributed by atoms with Crippen molar-refractivity contribution in [1.29, 1.82) is 0 Å². The molecule has 96 heavy (non-hydrogen) atoms. The van der Waals surface area contributed by atoms with Crippen LogP contribution in [0.5, 0.6) is 0 Å². The van der Waals surface area contributed by atoms with Gasteiger partial charge in [-0.25, -0.2) is 0 Å². The summed E-state index contributed by atoms with van der Waals surface area (Å²) < 4.78 is 34.4. The molecule has 3 aliphatic rings. The lowest BCUT2D eigenvalue weighted by atomic mass is 9.96. The van der Waals surface area contributed by atoms with Crippen molar-refractivity contribution in [3.8, 4) is 0 Å². The Kier molecular flexibility index (Phi) is 52.3. The van der Waals surface area contributed by atoms with E-state index in [1.54, 1.807) is 6.08 Å². The molecule has 3 heterocycles. The van der Waals surface area contributed by atoms with Gasteiger partial charge >= 0.3 is 0 Å². The molecule has 3 aliphatic heterocycles. The molecule has 0 aliphatic carbocycles. The Morgan fingerprint density at radius 3 is 1.12 bits per heavy atom. The molecule has 3 saturated heterocycles. The SMILES string of the molecule is CC/C=C\C/C=C\C/C=C\C/C=C\C/C=C\C/C=C\CCCCCCCCCCC(=O)NC(COC1OC(CO)C(OC2OC(CO)C(OC3OC(CO)C(O)C(O)C3O)C(O)C2O)C(O)C1O)C(O)/C=C/CCCCCCCCCCCCCCCCCCCCCCCC. The van der Waals surface area contributed by atoms with Crippen molar-refractivity contribution in [2.24, 2.45) is 0 Å². The van der Waals surface area contributed by atoms with Gasteiger partial charge in [0.25, 0.3) is 0 Å². The molecule has 0 aromatic rings. The zero-order chi connectivity index (χ0) is 69.6. The Labute approximate surface area is 578 Å². The number of ether oxygens (including phenoxy) is 6. The van der Waals surface area contributed by atoms with Crippen LogP contribution in [0, 0.1) is 0 Å². The van der Waals surface area contributed by atoms with Crippen LogP contribution in [0.15, 0.2) is 85.1 Å². The normalized spacial score (nSPS) is 27.5. The van der Waals surface area contributed by atoms with Crippen LogP contribution >= 0.6 is 0 Å². The van der Waals surface area contributed by atoms with E-state index >= 15 is 0 Å². The van der Waals surface area contributed by atoms with E-state index in [1.165, 1.54) is 135 Å². The summed E-state index contributed by atoms with van der Waals surface area (Å²) in [7, 11) is 0. The lowest BCUT2D eigenvalue weighted by molar-refractivity contribution is -0.379. The van der Waals surface area contributed by atoms with E-state index in [-0.39, 0.29) is 18.9 Å². The summed E-state index contributed by atoms with van der Waals surface area (Å²) in [4.78, 5) is 13.5. The second-order valence-electron chi connectivity index (χ2n) is 26.7. The van der Waals surface area contributed by atoms with Gasteiger partial charge in [-0.15, -0.1) is 0 Å². The second-order valence-corrected chi connectivity index (χ2v) is 26.7. The quantitative estimate of drug-likeness (QED) is 0.0199.